The second-order valence-electron chi connectivity index (χ2n) is 3.38. The third kappa shape index (κ3) is 3.03. The van der Waals surface area contributed by atoms with Crippen LogP contribution in [0.25, 0.3) is 0 Å². The van der Waals surface area contributed by atoms with Gasteiger partial charge in [0.15, 0.2) is 5.69 Å². The second kappa shape index (κ2) is 5.57. The first-order valence-corrected chi connectivity index (χ1v) is 6.51. The fourth-order valence-electron chi connectivity index (χ4n) is 1.25. The van der Waals surface area contributed by atoms with Crippen molar-refractivity contribution in [2.75, 3.05) is 0 Å². The van der Waals surface area contributed by atoms with Gasteiger partial charge in [-0.25, -0.2) is 13.4 Å². The molecule has 0 amide bonds. The van der Waals surface area contributed by atoms with Crippen LogP contribution in [0.3, 0.4) is 0 Å². The van der Waals surface area contributed by atoms with E-state index in [9.17, 15) is 13.2 Å². The minimum absolute atomic E-state index is 0.0940. The molecule has 1 atom stereocenters. The van der Waals surface area contributed by atoms with Crippen LogP contribution in [0, 0.1) is 11.3 Å². The van der Waals surface area contributed by atoms with Gasteiger partial charge in [-0.2, -0.15) is 9.98 Å². The van der Waals surface area contributed by atoms with E-state index in [1.165, 1.54) is 25.3 Å². The summed E-state index contributed by atoms with van der Waals surface area (Å²) < 4.78 is 25.9. The lowest BCUT2D eigenvalue weighted by molar-refractivity contribution is -0.139. The molecule has 0 aliphatic heterocycles. The molecule has 2 N–H and O–H groups in total. The molecule has 1 heterocycles. The first-order valence-electron chi connectivity index (χ1n) is 5.02. The summed E-state index contributed by atoms with van der Waals surface area (Å²) in [6.07, 6.45) is 1.38. The van der Waals surface area contributed by atoms with E-state index in [2.05, 4.69) is 4.98 Å². The molecular formula is C10H11N3O4S. The number of carbonyl (C=O) groups is 1. The number of carboxylic acids is 1. The SMILES string of the molecule is CCC(NS(=O)(=O)c1cccnc1C#N)C(=O)O. The lowest BCUT2D eigenvalue weighted by Crippen LogP contribution is -2.40. The highest BCUT2D eigenvalue weighted by molar-refractivity contribution is 7.89. The number of hydrogen-bond acceptors (Lipinski definition) is 5. The van der Waals surface area contributed by atoms with Crippen LogP contribution in [-0.2, 0) is 14.8 Å². The summed E-state index contributed by atoms with van der Waals surface area (Å²) in [6.45, 7) is 1.54. The van der Waals surface area contributed by atoms with Crippen LogP contribution in [0.2, 0.25) is 0 Å². The molecule has 0 fully saturated rings. The van der Waals surface area contributed by atoms with Gasteiger partial charge in [0.05, 0.1) is 0 Å². The summed E-state index contributed by atoms with van der Waals surface area (Å²) >= 11 is 0. The summed E-state index contributed by atoms with van der Waals surface area (Å²) in [6, 6.07) is 2.97. The maximum atomic E-state index is 11.9. The number of nitrogens with zero attached hydrogens (tertiary/aromatic N) is 2. The minimum Gasteiger partial charge on any atom is -0.480 e. The van der Waals surface area contributed by atoms with E-state index in [1.54, 1.807) is 6.07 Å². The predicted molar refractivity (Wildman–Crippen MR) is 61.0 cm³/mol. The molecule has 0 saturated heterocycles. The molecule has 0 aliphatic carbocycles. The Balaban J connectivity index is 3.15. The summed E-state index contributed by atoms with van der Waals surface area (Å²) in [4.78, 5) is 14.1. The molecule has 1 rings (SSSR count). The maximum Gasteiger partial charge on any atom is 0.321 e. The zero-order chi connectivity index (χ0) is 13.8. The molecule has 8 heteroatoms. The average Bonchev–Trinajstić information content (AvgIpc) is 2.35. The molecule has 0 radical (unpaired) electrons. The molecule has 7 nitrogen and oxygen atoms in total. The van der Waals surface area contributed by atoms with Gasteiger partial charge in [-0.05, 0) is 18.6 Å². The van der Waals surface area contributed by atoms with Crippen molar-refractivity contribution >= 4 is 16.0 Å². The van der Waals surface area contributed by atoms with Gasteiger partial charge in [0.2, 0.25) is 10.0 Å². The fraction of sp³-hybridized carbons (Fsp3) is 0.300. The zero-order valence-electron chi connectivity index (χ0n) is 9.49. The Morgan fingerprint density at radius 1 is 1.67 bits per heavy atom. The highest BCUT2D eigenvalue weighted by atomic mass is 32.2. The van der Waals surface area contributed by atoms with Crippen molar-refractivity contribution in [1.29, 1.82) is 5.26 Å². The Morgan fingerprint density at radius 2 is 2.33 bits per heavy atom. The normalized spacial score (nSPS) is 12.7. The number of pyridine rings is 1. The molecule has 0 saturated carbocycles. The van der Waals surface area contributed by atoms with E-state index in [-0.39, 0.29) is 17.0 Å². The lowest BCUT2D eigenvalue weighted by Gasteiger charge is -2.12. The van der Waals surface area contributed by atoms with Gasteiger partial charge < -0.3 is 5.11 Å². The summed E-state index contributed by atoms with van der Waals surface area (Å²) in [5, 5.41) is 17.6. The maximum absolute atomic E-state index is 11.9. The number of hydrogen-bond donors (Lipinski definition) is 2. The Hall–Kier alpha value is -1.98. The Kier molecular flexibility index (Phi) is 4.36. The third-order valence-electron chi connectivity index (χ3n) is 2.17. The van der Waals surface area contributed by atoms with Crippen LogP contribution in [0.1, 0.15) is 19.0 Å². The number of sulfonamides is 1. The number of aromatic nitrogens is 1. The van der Waals surface area contributed by atoms with Gasteiger partial charge in [-0.1, -0.05) is 6.92 Å². The van der Waals surface area contributed by atoms with E-state index in [0.29, 0.717) is 0 Å². The highest BCUT2D eigenvalue weighted by Crippen LogP contribution is 2.12. The predicted octanol–water partition coefficient (Wildman–Crippen LogP) is 0.0948. The van der Waals surface area contributed by atoms with Crippen molar-refractivity contribution in [2.45, 2.75) is 24.3 Å². The van der Waals surface area contributed by atoms with Crippen molar-refractivity contribution < 1.29 is 18.3 Å². The van der Waals surface area contributed by atoms with Crippen LogP contribution in [0.4, 0.5) is 0 Å². The molecule has 18 heavy (non-hydrogen) atoms. The molecule has 1 unspecified atom stereocenters. The van der Waals surface area contributed by atoms with E-state index >= 15 is 0 Å². The first kappa shape index (κ1) is 14.1. The smallest absolute Gasteiger partial charge is 0.321 e. The van der Waals surface area contributed by atoms with Gasteiger partial charge in [0.25, 0.3) is 0 Å². The molecule has 0 spiro atoms. The summed E-state index contributed by atoms with van der Waals surface area (Å²) in [5.74, 6) is -1.27. The average molecular weight is 269 g/mol. The standard InChI is InChI=1S/C10H11N3O4S/c1-2-7(10(14)15)13-18(16,17)9-4-3-5-12-8(9)6-11/h3-5,7,13H,2H2,1H3,(H,14,15). The van der Waals surface area contributed by atoms with Crippen molar-refractivity contribution in [1.82, 2.24) is 9.71 Å². The molecule has 96 valence electrons. The Bertz CT molecular complexity index is 591. The number of rotatable bonds is 5. The Labute approximate surface area is 104 Å². The van der Waals surface area contributed by atoms with Gasteiger partial charge in [-0.15, -0.1) is 0 Å². The number of aliphatic carboxylic acids is 1. The van der Waals surface area contributed by atoms with Gasteiger partial charge in [0, 0.05) is 6.20 Å². The van der Waals surface area contributed by atoms with Crippen LogP contribution < -0.4 is 4.72 Å². The Morgan fingerprint density at radius 3 is 2.83 bits per heavy atom. The van der Waals surface area contributed by atoms with Crippen molar-refractivity contribution in [3.8, 4) is 6.07 Å². The van der Waals surface area contributed by atoms with Crippen LogP contribution in [-0.4, -0.2) is 30.5 Å². The quantitative estimate of drug-likeness (QED) is 0.781. The van der Waals surface area contributed by atoms with Crippen LogP contribution >= 0.6 is 0 Å². The molecule has 1 aromatic heterocycles. The van der Waals surface area contributed by atoms with Crippen LogP contribution in [0.15, 0.2) is 23.2 Å². The molecular weight excluding hydrogens is 258 g/mol. The largest absolute Gasteiger partial charge is 0.480 e. The molecule has 0 bridgehead atoms. The van der Waals surface area contributed by atoms with Gasteiger partial charge in [0.1, 0.15) is 17.0 Å². The van der Waals surface area contributed by atoms with Gasteiger partial charge >= 0.3 is 5.97 Å². The molecule has 0 aliphatic rings. The van der Waals surface area contributed by atoms with E-state index in [1.807, 2.05) is 4.72 Å². The zero-order valence-corrected chi connectivity index (χ0v) is 10.3. The number of nitrogens with one attached hydrogen (secondary N) is 1. The molecule has 1 aromatic rings. The lowest BCUT2D eigenvalue weighted by atomic mass is 10.2. The van der Waals surface area contributed by atoms with Gasteiger partial charge in [-0.3, -0.25) is 4.79 Å². The number of carboxylic acid groups (broad SMARTS) is 1. The van der Waals surface area contributed by atoms with Crippen molar-refractivity contribution in [3.05, 3.63) is 24.0 Å². The fourth-order valence-corrected chi connectivity index (χ4v) is 2.63. The second-order valence-corrected chi connectivity index (χ2v) is 5.06. The van der Waals surface area contributed by atoms with Crippen LogP contribution in [0.5, 0.6) is 0 Å². The topological polar surface area (TPSA) is 120 Å². The van der Waals surface area contributed by atoms with E-state index in [0.717, 1.165) is 0 Å². The van der Waals surface area contributed by atoms with E-state index < -0.39 is 22.0 Å². The van der Waals surface area contributed by atoms with Crippen molar-refractivity contribution in [3.63, 3.8) is 0 Å². The molecule has 0 aromatic carbocycles. The number of nitriles is 1. The summed E-state index contributed by atoms with van der Waals surface area (Å²) in [5.41, 5.74) is -0.273. The third-order valence-corrected chi connectivity index (χ3v) is 3.67. The minimum atomic E-state index is -4.08. The van der Waals surface area contributed by atoms with E-state index in [4.69, 9.17) is 10.4 Å². The highest BCUT2D eigenvalue weighted by Gasteiger charge is 2.26. The first-order chi connectivity index (χ1) is 8.42. The monoisotopic (exact) mass is 269 g/mol. The summed E-state index contributed by atoms with van der Waals surface area (Å²) in [7, 11) is -4.08. The van der Waals surface area contributed by atoms with Crippen molar-refractivity contribution in [2.24, 2.45) is 0 Å².